The van der Waals surface area contributed by atoms with E-state index >= 15 is 0 Å². The zero-order chi connectivity index (χ0) is 13.9. The summed E-state index contributed by atoms with van der Waals surface area (Å²) in [5.74, 6) is 0.683. The zero-order valence-corrected chi connectivity index (χ0v) is 12.7. The van der Waals surface area contributed by atoms with Crippen LogP contribution in [0.5, 0.6) is 0 Å². The van der Waals surface area contributed by atoms with Crippen LogP contribution < -0.4 is 10.6 Å². The number of rotatable bonds is 3. The van der Waals surface area contributed by atoms with Gasteiger partial charge in [0.15, 0.2) is 0 Å². The van der Waals surface area contributed by atoms with Crippen LogP contribution in [0.15, 0.2) is 0 Å². The molecule has 1 amide bonds. The molecule has 0 aromatic heterocycles. The van der Waals surface area contributed by atoms with Gasteiger partial charge in [0.05, 0.1) is 6.04 Å². The van der Waals surface area contributed by atoms with Gasteiger partial charge < -0.3 is 15.5 Å². The topological polar surface area (TPSA) is 44.4 Å². The highest BCUT2D eigenvalue weighted by atomic mass is 16.2. The highest BCUT2D eigenvalue weighted by molar-refractivity contribution is 5.81. The normalized spacial score (nSPS) is 27.9. The van der Waals surface area contributed by atoms with Gasteiger partial charge in [-0.05, 0) is 53.6 Å². The minimum Gasteiger partial charge on any atom is -0.350 e. The van der Waals surface area contributed by atoms with Gasteiger partial charge in [-0.25, -0.2) is 0 Å². The Kier molecular flexibility index (Phi) is 5.17. The summed E-state index contributed by atoms with van der Waals surface area (Å²) in [5.41, 5.74) is -0.161. The van der Waals surface area contributed by atoms with Crippen molar-refractivity contribution in [1.29, 1.82) is 0 Å². The van der Waals surface area contributed by atoms with E-state index in [0.717, 1.165) is 19.5 Å². The van der Waals surface area contributed by atoms with E-state index in [1.165, 1.54) is 0 Å². The fourth-order valence-electron chi connectivity index (χ4n) is 2.48. The predicted molar refractivity (Wildman–Crippen MR) is 75.6 cm³/mol. The molecule has 2 N–H and O–H groups in total. The molecule has 0 spiro atoms. The van der Waals surface area contributed by atoms with Crippen molar-refractivity contribution in [2.24, 2.45) is 5.92 Å². The molecule has 0 aromatic rings. The maximum Gasteiger partial charge on any atom is 0.237 e. The van der Waals surface area contributed by atoms with E-state index in [-0.39, 0.29) is 17.5 Å². The van der Waals surface area contributed by atoms with Gasteiger partial charge in [-0.1, -0.05) is 6.92 Å². The van der Waals surface area contributed by atoms with Crippen molar-refractivity contribution in [3.63, 3.8) is 0 Å². The third-order valence-electron chi connectivity index (χ3n) is 3.46. The summed E-state index contributed by atoms with van der Waals surface area (Å²) in [6.45, 7) is 12.4. The molecular formula is C14H29N3O. The Morgan fingerprint density at radius 1 is 1.39 bits per heavy atom. The molecule has 1 fully saturated rings. The SMILES string of the molecule is CC(NC1CCN(C)CC1C)C(=O)NC(C)(C)C. The lowest BCUT2D eigenvalue weighted by Gasteiger charge is -2.37. The van der Waals surface area contributed by atoms with E-state index in [1.807, 2.05) is 27.7 Å². The number of nitrogens with zero attached hydrogens (tertiary/aromatic N) is 1. The Hall–Kier alpha value is -0.610. The fourth-order valence-corrected chi connectivity index (χ4v) is 2.48. The van der Waals surface area contributed by atoms with Crippen LogP contribution in [0.4, 0.5) is 0 Å². The van der Waals surface area contributed by atoms with Gasteiger partial charge in [-0.15, -0.1) is 0 Å². The fraction of sp³-hybridized carbons (Fsp3) is 0.929. The average Bonchev–Trinajstić information content (AvgIpc) is 2.19. The van der Waals surface area contributed by atoms with Gasteiger partial charge >= 0.3 is 0 Å². The molecule has 0 radical (unpaired) electrons. The van der Waals surface area contributed by atoms with Crippen LogP contribution in [0.3, 0.4) is 0 Å². The second-order valence-corrected chi connectivity index (χ2v) is 6.76. The van der Waals surface area contributed by atoms with Gasteiger partial charge in [0.1, 0.15) is 0 Å². The molecule has 1 aliphatic rings. The van der Waals surface area contributed by atoms with Crippen molar-refractivity contribution < 1.29 is 4.79 Å². The van der Waals surface area contributed by atoms with E-state index in [1.54, 1.807) is 0 Å². The molecule has 0 bridgehead atoms. The Morgan fingerprint density at radius 2 is 2.00 bits per heavy atom. The summed E-state index contributed by atoms with van der Waals surface area (Å²) in [7, 11) is 2.16. The number of nitrogens with one attached hydrogen (secondary N) is 2. The standard InChI is InChI=1S/C14H29N3O/c1-10-9-17(6)8-7-12(10)15-11(2)13(18)16-14(3,4)5/h10-12,15H,7-9H2,1-6H3,(H,16,18). The third kappa shape index (κ3) is 4.94. The minimum atomic E-state index is -0.161. The molecule has 3 atom stereocenters. The van der Waals surface area contributed by atoms with E-state index in [0.29, 0.717) is 12.0 Å². The monoisotopic (exact) mass is 255 g/mol. The molecule has 1 aliphatic heterocycles. The highest BCUT2D eigenvalue weighted by Crippen LogP contribution is 2.16. The predicted octanol–water partition coefficient (Wildman–Crippen LogP) is 1.22. The summed E-state index contributed by atoms with van der Waals surface area (Å²) in [6, 6.07) is 0.321. The van der Waals surface area contributed by atoms with Crippen LogP contribution in [-0.2, 0) is 4.79 Å². The zero-order valence-electron chi connectivity index (χ0n) is 12.7. The molecule has 4 heteroatoms. The Labute approximate surface area is 111 Å². The first kappa shape index (κ1) is 15.4. The molecule has 0 aliphatic carbocycles. The number of carbonyl (C=O) groups is 1. The molecule has 18 heavy (non-hydrogen) atoms. The molecule has 0 saturated carbocycles. The molecule has 1 saturated heterocycles. The number of piperidine rings is 1. The molecule has 1 rings (SSSR count). The van der Waals surface area contributed by atoms with Crippen molar-refractivity contribution in [3.8, 4) is 0 Å². The second-order valence-electron chi connectivity index (χ2n) is 6.76. The molecule has 3 unspecified atom stereocenters. The van der Waals surface area contributed by atoms with E-state index in [2.05, 4.69) is 29.5 Å². The van der Waals surface area contributed by atoms with Crippen molar-refractivity contribution in [3.05, 3.63) is 0 Å². The minimum absolute atomic E-state index is 0.0913. The first-order valence-corrected chi connectivity index (χ1v) is 6.95. The van der Waals surface area contributed by atoms with Gasteiger partial charge in [0.25, 0.3) is 0 Å². The molecule has 106 valence electrons. The van der Waals surface area contributed by atoms with Crippen molar-refractivity contribution in [2.75, 3.05) is 20.1 Å². The number of amides is 1. The first-order chi connectivity index (χ1) is 8.19. The summed E-state index contributed by atoms with van der Waals surface area (Å²) in [4.78, 5) is 14.4. The van der Waals surface area contributed by atoms with Crippen molar-refractivity contribution in [1.82, 2.24) is 15.5 Å². The Morgan fingerprint density at radius 3 is 2.50 bits per heavy atom. The maximum absolute atomic E-state index is 12.0. The second kappa shape index (κ2) is 6.02. The highest BCUT2D eigenvalue weighted by Gasteiger charge is 2.27. The lowest BCUT2D eigenvalue weighted by molar-refractivity contribution is -0.124. The molecule has 0 aromatic carbocycles. The van der Waals surface area contributed by atoms with Gasteiger partial charge in [0, 0.05) is 18.1 Å². The number of likely N-dealkylation sites (tertiary alicyclic amines) is 1. The number of hydrogen-bond acceptors (Lipinski definition) is 3. The van der Waals surface area contributed by atoms with E-state index in [9.17, 15) is 4.79 Å². The average molecular weight is 255 g/mol. The van der Waals surface area contributed by atoms with Crippen LogP contribution in [0.2, 0.25) is 0 Å². The van der Waals surface area contributed by atoms with Crippen molar-refractivity contribution in [2.45, 2.75) is 58.7 Å². The van der Waals surface area contributed by atoms with Crippen LogP contribution in [0.25, 0.3) is 0 Å². The summed E-state index contributed by atoms with van der Waals surface area (Å²) in [5, 5.41) is 6.49. The lowest BCUT2D eigenvalue weighted by atomic mass is 9.93. The van der Waals surface area contributed by atoms with Crippen LogP contribution >= 0.6 is 0 Å². The number of hydrogen-bond donors (Lipinski definition) is 2. The van der Waals surface area contributed by atoms with E-state index < -0.39 is 0 Å². The van der Waals surface area contributed by atoms with E-state index in [4.69, 9.17) is 0 Å². The van der Waals surface area contributed by atoms with Gasteiger partial charge in [0.2, 0.25) is 5.91 Å². The molecule has 1 heterocycles. The quantitative estimate of drug-likeness (QED) is 0.797. The Balaban J connectivity index is 2.44. The smallest absolute Gasteiger partial charge is 0.237 e. The number of carbonyl (C=O) groups excluding carboxylic acids is 1. The van der Waals surface area contributed by atoms with Crippen LogP contribution in [0.1, 0.15) is 41.0 Å². The first-order valence-electron chi connectivity index (χ1n) is 6.95. The summed E-state index contributed by atoms with van der Waals surface area (Å²) < 4.78 is 0. The molecule has 4 nitrogen and oxygen atoms in total. The summed E-state index contributed by atoms with van der Waals surface area (Å²) in [6.07, 6.45) is 1.12. The largest absolute Gasteiger partial charge is 0.350 e. The summed E-state index contributed by atoms with van der Waals surface area (Å²) >= 11 is 0. The lowest BCUT2D eigenvalue weighted by Crippen LogP contribution is -2.55. The molecular weight excluding hydrogens is 226 g/mol. The van der Waals surface area contributed by atoms with Crippen LogP contribution in [-0.4, -0.2) is 48.6 Å². The third-order valence-corrected chi connectivity index (χ3v) is 3.46. The van der Waals surface area contributed by atoms with Crippen molar-refractivity contribution >= 4 is 5.91 Å². The Bertz CT molecular complexity index is 285. The van der Waals surface area contributed by atoms with Crippen LogP contribution in [0, 0.1) is 5.92 Å². The van der Waals surface area contributed by atoms with Gasteiger partial charge in [-0.2, -0.15) is 0 Å². The van der Waals surface area contributed by atoms with Gasteiger partial charge in [-0.3, -0.25) is 4.79 Å². The maximum atomic E-state index is 12.0.